The average Bonchev–Trinajstić information content (AvgIpc) is 1.64. The van der Waals surface area contributed by atoms with Gasteiger partial charge in [-0.2, -0.15) is 0 Å². The zero-order valence-electron chi connectivity index (χ0n) is 53.9. The van der Waals surface area contributed by atoms with Gasteiger partial charge in [-0.1, -0.05) is 121 Å². The second kappa shape index (κ2) is 32.1. The van der Waals surface area contributed by atoms with Crippen molar-refractivity contribution in [2.75, 3.05) is 39.5 Å². The first kappa shape index (κ1) is 70.3. The number of aliphatic hydroxyl groups excluding tert-OH is 1. The van der Waals surface area contributed by atoms with Gasteiger partial charge in [0.25, 0.3) is 0 Å². The molecule has 0 radical (unpaired) electrons. The summed E-state index contributed by atoms with van der Waals surface area (Å²) in [6.07, 6.45) is 10.5. The van der Waals surface area contributed by atoms with Crippen molar-refractivity contribution in [3.8, 4) is 33.8 Å². The molecule has 17 heteroatoms. The topological polar surface area (TPSA) is 232 Å². The van der Waals surface area contributed by atoms with Crippen molar-refractivity contribution in [1.29, 1.82) is 0 Å². The summed E-state index contributed by atoms with van der Waals surface area (Å²) < 4.78 is 37.9. The number of ether oxygens (including phenoxy) is 7. The van der Waals surface area contributed by atoms with Crippen LogP contribution in [0.5, 0.6) is 11.5 Å². The second-order valence-electron chi connectivity index (χ2n) is 25.2. The van der Waals surface area contributed by atoms with Crippen molar-refractivity contribution in [3.63, 3.8) is 0 Å². The third-order valence-electron chi connectivity index (χ3n) is 13.0. The number of fused-ring (bicyclic) bond motifs is 6. The Morgan fingerprint density at radius 1 is 0.429 bits per heavy atom. The number of carbonyl (C=O) groups excluding carboxylic acids is 6. The van der Waals surface area contributed by atoms with Crippen LogP contribution in [0.15, 0.2) is 158 Å². The number of hydrogen-bond acceptors (Lipinski definition) is 15. The number of hydrogen-bond donors (Lipinski definition) is 4. The maximum Gasteiger partial charge on any atom is 0.407 e. The minimum absolute atomic E-state index is 0.00820. The molecule has 0 bridgehead atoms. The summed E-state index contributed by atoms with van der Waals surface area (Å²) in [5.41, 5.74) is 9.46. The maximum absolute atomic E-state index is 12.6. The molecule has 0 atom stereocenters. The normalized spacial score (nSPS) is 12.8. The number of benzene rings is 6. The molecular weight excluding hydrogens is 1160 g/mol. The number of rotatable bonds is 18. The van der Waals surface area contributed by atoms with Gasteiger partial charge in [0, 0.05) is 53.8 Å². The molecule has 2 amide bonds. The van der Waals surface area contributed by atoms with Crippen LogP contribution < -0.4 is 15.4 Å². The zero-order valence-corrected chi connectivity index (χ0v) is 53.9. The molecule has 6 aromatic rings. The molecule has 0 saturated carbocycles. The summed E-state index contributed by atoms with van der Waals surface area (Å²) in [4.78, 5) is 71.8. The van der Waals surface area contributed by atoms with Gasteiger partial charge < -0.3 is 54.0 Å². The van der Waals surface area contributed by atoms with Gasteiger partial charge in [-0.05, 0) is 175 Å². The van der Waals surface area contributed by atoms with E-state index in [0.29, 0.717) is 34.6 Å². The highest BCUT2D eigenvalue weighted by Gasteiger charge is 2.31. The van der Waals surface area contributed by atoms with Crippen molar-refractivity contribution in [2.24, 2.45) is 0 Å². The Bertz CT molecular complexity index is 3550. The zero-order chi connectivity index (χ0) is 66.5. The number of phenols is 1. The van der Waals surface area contributed by atoms with Crippen LogP contribution in [0, 0.1) is 0 Å². The molecule has 0 fully saturated rings. The number of carbonyl (C=O) groups is 6. The molecule has 2 aliphatic rings. The Labute approximate surface area is 533 Å². The number of aromatic hydroxyl groups is 1. The van der Waals surface area contributed by atoms with Gasteiger partial charge in [0.15, 0.2) is 0 Å². The van der Waals surface area contributed by atoms with Gasteiger partial charge in [0.05, 0.1) is 13.2 Å². The molecule has 0 spiro atoms. The van der Waals surface area contributed by atoms with Crippen LogP contribution in [0.2, 0.25) is 0 Å². The Balaban J connectivity index is 0.000000240. The molecule has 0 heterocycles. The quantitative estimate of drug-likeness (QED) is 0.0271. The van der Waals surface area contributed by atoms with E-state index in [4.69, 9.17) is 38.3 Å². The van der Waals surface area contributed by atoms with E-state index < -0.39 is 58.5 Å². The van der Waals surface area contributed by atoms with Gasteiger partial charge >= 0.3 is 36.1 Å². The lowest BCUT2D eigenvalue weighted by atomic mass is 9.98. The lowest BCUT2D eigenvalue weighted by molar-refractivity contribution is -0.149. The lowest BCUT2D eigenvalue weighted by Crippen LogP contribution is -2.30. The highest BCUT2D eigenvalue weighted by Crippen LogP contribution is 2.46. The first-order valence-electron chi connectivity index (χ1n) is 30.0. The van der Waals surface area contributed by atoms with Crippen molar-refractivity contribution >= 4 is 60.4 Å². The molecule has 0 saturated heterocycles. The summed E-state index contributed by atoms with van der Waals surface area (Å²) in [5.74, 6) is -1.42. The molecule has 0 unspecified atom stereocenters. The lowest BCUT2D eigenvalue weighted by Gasteiger charge is -2.18. The average molecular weight is 1240 g/mol. The summed E-state index contributed by atoms with van der Waals surface area (Å²) in [6.45, 7) is 22.4. The molecule has 6 aromatic carbocycles. The Morgan fingerprint density at radius 2 is 0.758 bits per heavy atom. The number of amides is 2. The minimum Gasteiger partial charge on any atom is -0.507 e. The van der Waals surface area contributed by atoms with Crippen LogP contribution >= 0.6 is 0 Å². The summed E-state index contributed by atoms with van der Waals surface area (Å²) >= 11 is 0. The van der Waals surface area contributed by atoms with Gasteiger partial charge in [-0.25, -0.2) is 28.8 Å². The predicted octanol–water partition coefficient (Wildman–Crippen LogP) is 13.9. The van der Waals surface area contributed by atoms with E-state index in [2.05, 4.69) is 59.2 Å². The third kappa shape index (κ3) is 23.3. The van der Waals surface area contributed by atoms with E-state index in [1.54, 1.807) is 132 Å². The number of phenolic OH excluding ortho intramolecular Hbond substituents is 1. The van der Waals surface area contributed by atoms with E-state index in [1.165, 1.54) is 58.7 Å². The van der Waals surface area contributed by atoms with E-state index in [1.807, 2.05) is 48.5 Å². The van der Waals surface area contributed by atoms with Crippen LogP contribution in [0.4, 0.5) is 9.59 Å². The fourth-order valence-corrected chi connectivity index (χ4v) is 9.48. The van der Waals surface area contributed by atoms with Gasteiger partial charge in [0.1, 0.15) is 53.7 Å². The molecule has 91 heavy (non-hydrogen) atoms. The smallest absolute Gasteiger partial charge is 0.407 e. The van der Waals surface area contributed by atoms with E-state index in [0.717, 1.165) is 22.3 Å². The monoisotopic (exact) mass is 1240 g/mol. The molecule has 17 nitrogen and oxygen atoms in total. The molecule has 0 aromatic heterocycles. The standard InChI is InChI=1S/C37H41NO7.C20H26O5.C17H17NO3/c1-36(2,3)44-33(39)19-16-25-15-17-26(18-20-34(40)45-37(4,5)6)32(23-25)42-22-21-38-35(41)43-24-31-29-13-9-7-11-27(29)28-12-8-10-14-30(28)31;1-19(2,3)24-17(22)11-8-14-7-9-15(16(21)13-14)10-12-18(23)25-20(4,5)6;19-10-9-18-17(20)21-11-16-14-7-3-1-5-12(14)13-6-2-4-8-15(13)16/h7-20,23,31H,21-22,24H2,1-6H3,(H,38,41);7-13,21H,1-6H3;1-8,16,19H,9-11H2,(H,18,20)/b19-16+,20-18+;11-8+,12-10+;. The van der Waals surface area contributed by atoms with Gasteiger partial charge in [-0.15, -0.1) is 0 Å². The fourth-order valence-electron chi connectivity index (χ4n) is 9.48. The SMILES string of the molecule is CC(C)(C)OC(=O)/C=C/c1ccc(/C=C/C(=O)OC(C)(C)C)c(O)c1.CC(C)(C)OC(=O)/C=C/c1ccc(/C=C/C(=O)OC(C)(C)C)c(OCCNC(=O)OCC2c3ccccc3-c3ccccc32)c1.O=C(NCCO)OCC1c2ccccc2-c2ccccc21. The Morgan fingerprint density at radius 3 is 1.12 bits per heavy atom. The highest BCUT2D eigenvalue weighted by molar-refractivity contribution is 5.90. The van der Waals surface area contributed by atoms with E-state index in [9.17, 15) is 33.9 Å². The van der Waals surface area contributed by atoms with Gasteiger partial charge in [0.2, 0.25) is 0 Å². The molecule has 8 rings (SSSR count). The summed E-state index contributed by atoms with van der Waals surface area (Å²) in [7, 11) is 0. The highest BCUT2D eigenvalue weighted by atomic mass is 16.6. The van der Waals surface area contributed by atoms with Crippen molar-refractivity contribution in [1.82, 2.24) is 10.6 Å². The van der Waals surface area contributed by atoms with Crippen molar-refractivity contribution in [3.05, 3.63) is 202 Å². The van der Waals surface area contributed by atoms with Crippen LogP contribution in [0.3, 0.4) is 0 Å². The second-order valence-corrected chi connectivity index (χ2v) is 25.2. The number of esters is 4. The van der Waals surface area contributed by atoms with Crippen LogP contribution in [-0.2, 0) is 47.6 Å². The molecule has 0 aliphatic heterocycles. The number of alkyl carbamates (subject to hydrolysis) is 2. The van der Waals surface area contributed by atoms with E-state index in [-0.39, 0.29) is 50.5 Å². The fraction of sp³-hybridized carbons (Fsp3) is 0.324. The third-order valence-corrected chi connectivity index (χ3v) is 13.0. The maximum atomic E-state index is 12.6. The molecule has 4 N–H and O–H groups in total. The first-order chi connectivity index (χ1) is 43.0. The first-order valence-corrected chi connectivity index (χ1v) is 30.0. The van der Waals surface area contributed by atoms with Crippen LogP contribution in [-0.4, -0.2) is 108 Å². The van der Waals surface area contributed by atoms with Crippen molar-refractivity contribution in [2.45, 2.75) is 117 Å². The van der Waals surface area contributed by atoms with Crippen LogP contribution in [0.25, 0.3) is 46.6 Å². The van der Waals surface area contributed by atoms with E-state index >= 15 is 0 Å². The molecule has 2 aliphatic carbocycles. The molecular formula is C74H84N2O15. The van der Waals surface area contributed by atoms with Crippen molar-refractivity contribution < 1.29 is 72.1 Å². The predicted molar refractivity (Wildman–Crippen MR) is 353 cm³/mol. The Kier molecular flexibility index (Phi) is 24.8. The summed E-state index contributed by atoms with van der Waals surface area (Å²) in [5, 5.41) is 24.0. The Hall–Kier alpha value is -9.74. The minimum atomic E-state index is -0.623. The van der Waals surface area contributed by atoms with Crippen LogP contribution in [0.1, 0.15) is 139 Å². The van der Waals surface area contributed by atoms with Gasteiger partial charge in [-0.3, -0.25) is 0 Å². The summed E-state index contributed by atoms with van der Waals surface area (Å²) in [6, 6.07) is 42.9. The largest absolute Gasteiger partial charge is 0.507 e. The number of nitrogens with one attached hydrogen (secondary N) is 2. The number of aliphatic hydroxyl groups is 1. The molecule has 480 valence electrons.